The average molecular weight is 593 g/mol. The molecule has 0 radical (unpaired) electrons. The van der Waals surface area contributed by atoms with E-state index in [0.717, 1.165) is 36.5 Å². The molecule has 1 spiro atoms. The van der Waals surface area contributed by atoms with Gasteiger partial charge in [0.1, 0.15) is 23.5 Å². The minimum atomic E-state index is -0.168. The molecule has 1 atom stereocenters. The Kier molecular flexibility index (Phi) is 7.80. The highest BCUT2D eigenvalue weighted by Crippen LogP contribution is 2.57. The zero-order valence-corrected chi connectivity index (χ0v) is 25.2. The number of ether oxygens (including phenoxy) is 1. The van der Waals surface area contributed by atoms with Crippen LogP contribution in [0.2, 0.25) is 0 Å². The third kappa shape index (κ3) is 5.24. The lowest BCUT2D eigenvalue weighted by atomic mass is 9.88. The molecule has 3 aromatic heterocycles. The molecule has 6 rings (SSSR count). The number of aromatic nitrogens is 4. The van der Waals surface area contributed by atoms with Crippen molar-refractivity contribution in [2.75, 3.05) is 67.1 Å². The van der Waals surface area contributed by atoms with E-state index < -0.39 is 0 Å². The number of rotatable bonds is 9. The minimum absolute atomic E-state index is 0.104. The molecule has 0 bridgehead atoms. The summed E-state index contributed by atoms with van der Waals surface area (Å²) >= 11 is 3.42. The summed E-state index contributed by atoms with van der Waals surface area (Å²) in [5.41, 5.74) is 15.1. The van der Waals surface area contributed by atoms with Gasteiger partial charge in [0.25, 0.3) is 0 Å². The second-order valence-corrected chi connectivity index (χ2v) is 13.3. The van der Waals surface area contributed by atoms with Crippen LogP contribution in [-0.4, -0.2) is 70.7 Å². The fraction of sp³-hybridized carbons (Fsp3) is 0.536. The van der Waals surface area contributed by atoms with Crippen LogP contribution in [0.3, 0.4) is 0 Å². The number of nitrogens with two attached hydrogens (primary N) is 2. The number of piperidine rings is 1. The molecular formula is C28H36N10OS2. The predicted molar refractivity (Wildman–Crippen MR) is 164 cm³/mol. The molecule has 0 aliphatic carbocycles. The second-order valence-electron chi connectivity index (χ2n) is 10.8. The van der Waals surface area contributed by atoms with Crippen molar-refractivity contribution >= 4 is 45.8 Å². The first kappa shape index (κ1) is 27.8. The summed E-state index contributed by atoms with van der Waals surface area (Å²) < 4.78 is 6.00. The third-order valence-corrected chi connectivity index (χ3v) is 10.9. The number of anilines is 4. The normalized spacial score (nSPS) is 18.5. The maximum atomic E-state index is 9.79. The first-order valence-corrected chi connectivity index (χ1v) is 16.0. The van der Waals surface area contributed by atoms with Crippen molar-refractivity contribution in [3.63, 3.8) is 0 Å². The van der Waals surface area contributed by atoms with Gasteiger partial charge in [-0.2, -0.15) is 20.2 Å². The Morgan fingerprint density at radius 1 is 1.20 bits per heavy atom. The second kappa shape index (κ2) is 11.5. The Hall–Kier alpha value is -3.34. The van der Waals surface area contributed by atoms with Crippen LogP contribution in [0.5, 0.6) is 6.01 Å². The van der Waals surface area contributed by atoms with E-state index in [1.54, 1.807) is 17.5 Å². The number of hydrogen-bond donors (Lipinski definition) is 2. The van der Waals surface area contributed by atoms with Gasteiger partial charge in [-0.15, -0.1) is 23.1 Å². The van der Waals surface area contributed by atoms with Crippen LogP contribution in [0.1, 0.15) is 60.7 Å². The summed E-state index contributed by atoms with van der Waals surface area (Å²) in [6, 6.07) is 6.44. The van der Waals surface area contributed by atoms with E-state index in [9.17, 15) is 5.26 Å². The number of nitrogen functional groups attached to an aromatic ring is 2. The van der Waals surface area contributed by atoms with Gasteiger partial charge in [0, 0.05) is 54.1 Å². The fourth-order valence-corrected chi connectivity index (χ4v) is 8.89. The molecule has 3 aliphatic rings. The van der Waals surface area contributed by atoms with E-state index >= 15 is 0 Å². The molecule has 2 saturated heterocycles. The molecule has 216 valence electrons. The maximum Gasteiger partial charge on any atom is 0.323 e. The molecule has 41 heavy (non-hydrogen) atoms. The van der Waals surface area contributed by atoms with E-state index in [1.165, 1.54) is 24.1 Å². The molecule has 6 heterocycles. The van der Waals surface area contributed by atoms with Crippen molar-refractivity contribution in [2.45, 2.75) is 49.7 Å². The molecule has 0 aromatic carbocycles. The molecule has 13 heteroatoms. The first-order chi connectivity index (χ1) is 19.9. The van der Waals surface area contributed by atoms with Gasteiger partial charge in [-0.3, -0.25) is 4.90 Å². The summed E-state index contributed by atoms with van der Waals surface area (Å²) in [5.74, 6) is 2.49. The van der Waals surface area contributed by atoms with Gasteiger partial charge >= 0.3 is 6.01 Å². The van der Waals surface area contributed by atoms with Gasteiger partial charge in [0.05, 0.1) is 16.4 Å². The average Bonchev–Trinajstić information content (AvgIpc) is 3.48. The van der Waals surface area contributed by atoms with Crippen molar-refractivity contribution in [3.8, 4) is 12.1 Å². The van der Waals surface area contributed by atoms with Gasteiger partial charge in [-0.1, -0.05) is 12.5 Å². The number of nitrogens with zero attached hydrogens (tertiary/aromatic N) is 8. The summed E-state index contributed by atoms with van der Waals surface area (Å²) in [4.78, 5) is 26.7. The van der Waals surface area contributed by atoms with E-state index in [2.05, 4.69) is 39.6 Å². The third-order valence-electron chi connectivity index (χ3n) is 8.30. The van der Waals surface area contributed by atoms with E-state index in [-0.39, 0.29) is 10.8 Å². The Balaban J connectivity index is 1.27. The predicted octanol–water partition coefficient (Wildman–Crippen LogP) is 3.78. The highest BCUT2D eigenvalue weighted by molar-refractivity contribution is 8.00. The number of pyridine rings is 1. The standard InChI is InChI=1S/C28H36N10OS2/c1-3-38(18(2)19-8-7-9-32-23(19)30)26-33-25(34-27(35-26)39-13-12-36-10-5-4-6-11-36)37-16-28(17-37)22-20(14-29)24(31)41-21(22)15-40-28/h7-9,18H,3-6,10-13,15-17,31H2,1-2H3,(H2,30,32)/t18-/m1/s1. The van der Waals surface area contributed by atoms with E-state index in [4.69, 9.17) is 31.2 Å². The quantitative estimate of drug-likeness (QED) is 0.373. The molecule has 4 N–H and O–H groups in total. The number of hydrogen-bond acceptors (Lipinski definition) is 13. The largest absolute Gasteiger partial charge is 0.462 e. The lowest BCUT2D eigenvalue weighted by Gasteiger charge is -2.47. The van der Waals surface area contributed by atoms with Gasteiger partial charge < -0.3 is 26.0 Å². The van der Waals surface area contributed by atoms with Crippen molar-refractivity contribution in [1.29, 1.82) is 5.26 Å². The molecule has 3 aromatic rings. The van der Waals surface area contributed by atoms with Gasteiger partial charge in [-0.25, -0.2) is 4.98 Å². The van der Waals surface area contributed by atoms with E-state index in [1.807, 2.05) is 23.9 Å². The SMILES string of the molecule is CCN(c1nc(OCCN2CCCCC2)nc(N2CC3(C2)SCc2sc(N)c(C#N)c23)n1)[C@H](C)c1cccnc1N. The van der Waals surface area contributed by atoms with Crippen LogP contribution in [-0.2, 0) is 10.5 Å². The molecular weight excluding hydrogens is 557 g/mol. The summed E-state index contributed by atoms with van der Waals surface area (Å²) in [6.07, 6.45) is 5.47. The minimum Gasteiger partial charge on any atom is -0.462 e. The van der Waals surface area contributed by atoms with Crippen LogP contribution in [0.15, 0.2) is 18.3 Å². The highest BCUT2D eigenvalue weighted by atomic mass is 32.2. The highest BCUT2D eigenvalue weighted by Gasteiger charge is 2.53. The first-order valence-electron chi connectivity index (χ1n) is 14.2. The molecule has 11 nitrogen and oxygen atoms in total. The van der Waals surface area contributed by atoms with Crippen LogP contribution in [0, 0.1) is 11.3 Å². The topological polar surface area (TPSA) is 146 Å². The zero-order chi connectivity index (χ0) is 28.6. The van der Waals surface area contributed by atoms with Crippen LogP contribution in [0.4, 0.5) is 22.7 Å². The lowest BCUT2D eigenvalue weighted by molar-refractivity contribution is 0.177. The van der Waals surface area contributed by atoms with Crippen molar-refractivity contribution in [1.82, 2.24) is 24.8 Å². The lowest BCUT2D eigenvalue weighted by Crippen LogP contribution is -2.57. The fourth-order valence-electron chi connectivity index (χ4n) is 6.09. The Morgan fingerprint density at radius 2 is 2.00 bits per heavy atom. The Morgan fingerprint density at radius 3 is 2.73 bits per heavy atom. The smallest absolute Gasteiger partial charge is 0.323 e. The zero-order valence-electron chi connectivity index (χ0n) is 23.5. The van der Waals surface area contributed by atoms with E-state index in [0.29, 0.717) is 60.5 Å². The number of thioether (sulfide) groups is 1. The molecule has 0 saturated carbocycles. The van der Waals surface area contributed by atoms with Gasteiger partial charge in [0.2, 0.25) is 11.9 Å². The van der Waals surface area contributed by atoms with Crippen molar-refractivity contribution < 1.29 is 4.74 Å². The summed E-state index contributed by atoms with van der Waals surface area (Å²) in [7, 11) is 0. The number of fused-ring (bicyclic) bond motifs is 2. The van der Waals surface area contributed by atoms with Crippen LogP contribution >= 0.6 is 23.1 Å². The number of nitriles is 1. The molecule has 0 unspecified atom stereocenters. The number of likely N-dealkylation sites (tertiary alicyclic amines) is 1. The Labute approximate surface area is 248 Å². The van der Waals surface area contributed by atoms with Gasteiger partial charge in [0.15, 0.2) is 0 Å². The van der Waals surface area contributed by atoms with Gasteiger partial charge in [-0.05, 0) is 45.8 Å². The monoisotopic (exact) mass is 592 g/mol. The van der Waals surface area contributed by atoms with Crippen LogP contribution < -0.4 is 26.0 Å². The molecule has 2 fully saturated rings. The maximum absolute atomic E-state index is 9.79. The summed E-state index contributed by atoms with van der Waals surface area (Å²) in [6.45, 7) is 9.79. The van der Waals surface area contributed by atoms with Crippen LogP contribution in [0.25, 0.3) is 0 Å². The number of thiophene rings is 1. The van der Waals surface area contributed by atoms with Crippen molar-refractivity contribution in [3.05, 3.63) is 39.9 Å². The molecule has 0 amide bonds. The van der Waals surface area contributed by atoms with Crippen molar-refractivity contribution in [2.24, 2.45) is 0 Å². The molecule has 3 aliphatic heterocycles. The Bertz CT molecular complexity index is 1440. The summed E-state index contributed by atoms with van der Waals surface area (Å²) in [5, 5.41) is 10.4.